The Labute approximate surface area is 302 Å². The predicted molar refractivity (Wildman–Crippen MR) is 222 cm³/mol. The van der Waals surface area contributed by atoms with Gasteiger partial charge in [0.15, 0.2) is 0 Å². The first kappa shape index (κ1) is 35.2. The van der Waals surface area contributed by atoms with Crippen molar-refractivity contribution in [3.8, 4) is 11.3 Å². The van der Waals surface area contributed by atoms with Gasteiger partial charge in [-0.3, -0.25) is 4.98 Å². The zero-order chi connectivity index (χ0) is 36.0. The van der Waals surface area contributed by atoms with Crippen LogP contribution in [0.2, 0.25) is 0 Å². The number of aryl methyl sites for hydroxylation is 12. The molecular weight excluding hydrogens is 600 g/mol. The molecule has 250 valence electrons. The van der Waals surface area contributed by atoms with Gasteiger partial charge >= 0.3 is 0 Å². The van der Waals surface area contributed by atoms with Crippen molar-refractivity contribution in [2.24, 2.45) is 0 Å². The first-order valence-electron chi connectivity index (χ1n) is 18.1. The quantitative estimate of drug-likeness (QED) is 0.163. The molecule has 1 aromatic heterocycles. The van der Waals surface area contributed by atoms with Crippen LogP contribution in [0.3, 0.4) is 0 Å². The zero-order valence-corrected chi connectivity index (χ0v) is 32.3. The molecule has 0 aliphatic heterocycles. The van der Waals surface area contributed by atoms with E-state index in [2.05, 4.69) is 168 Å². The van der Waals surface area contributed by atoms with Crippen LogP contribution >= 0.6 is 0 Å². The Hall–Kier alpha value is -4.62. The summed E-state index contributed by atoms with van der Waals surface area (Å²) in [5, 5.41) is 0. The molecule has 0 fully saturated rings. The van der Waals surface area contributed by atoms with E-state index < -0.39 is 0 Å². The minimum atomic E-state index is 0.113. The SMILES string of the molecule is Cc1cc(C)c(B(c2ccc(-c3cc(B(c4c(C)cc(C)cc4C)c4c(C)cc(C)cc4C)ccn3)cc2)c2c(C)cc(C)cc2C)c(C)c1. The maximum Gasteiger partial charge on any atom is 0.242 e. The molecule has 50 heavy (non-hydrogen) atoms. The van der Waals surface area contributed by atoms with Gasteiger partial charge in [0.25, 0.3) is 0 Å². The minimum Gasteiger partial charge on any atom is -0.256 e. The van der Waals surface area contributed by atoms with Crippen molar-refractivity contribution in [2.45, 2.75) is 83.1 Å². The maximum atomic E-state index is 4.96. The first-order chi connectivity index (χ1) is 23.7. The van der Waals surface area contributed by atoms with E-state index in [9.17, 15) is 0 Å². The highest BCUT2D eigenvalue weighted by Gasteiger charge is 2.30. The van der Waals surface area contributed by atoms with Gasteiger partial charge in [-0.2, -0.15) is 0 Å². The third kappa shape index (κ3) is 6.76. The summed E-state index contributed by atoms with van der Waals surface area (Å²) in [5.41, 5.74) is 26.3. The van der Waals surface area contributed by atoms with Gasteiger partial charge in [-0.25, -0.2) is 0 Å². The number of nitrogens with zero attached hydrogens (tertiary/aromatic N) is 1. The highest BCUT2D eigenvalue weighted by molar-refractivity contribution is 6.97. The largest absolute Gasteiger partial charge is 0.256 e. The second kappa shape index (κ2) is 13.9. The summed E-state index contributed by atoms with van der Waals surface area (Å²) in [6.07, 6.45) is 2.00. The van der Waals surface area contributed by atoms with Crippen molar-refractivity contribution < 1.29 is 0 Å². The predicted octanol–water partition coefficient (Wildman–Crippen LogP) is 7.48. The highest BCUT2D eigenvalue weighted by atomic mass is 14.7. The van der Waals surface area contributed by atoms with Gasteiger partial charge in [0.2, 0.25) is 13.4 Å². The summed E-state index contributed by atoms with van der Waals surface area (Å²) in [4.78, 5) is 4.96. The fourth-order valence-electron chi connectivity index (χ4n) is 9.17. The smallest absolute Gasteiger partial charge is 0.242 e. The first-order valence-corrected chi connectivity index (χ1v) is 18.1. The lowest BCUT2D eigenvalue weighted by atomic mass is 9.34. The third-order valence-electron chi connectivity index (χ3n) is 10.8. The summed E-state index contributed by atoms with van der Waals surface area (Å²) >= 11 is 0. The van der Waals surface area contributed by atoms with Crippen molar-refractivity contribution in [2.75, 3.05) is 0 Å². The van der Waals surface area contributed by atoms with E-state index in [0.29, 0.717) is 0 Å². The number of pyridine rings is 1. The van der Waals surface area contributed by atoms with Gasteiger partial charge < -0.3 is 0 Å². The van der Waals surface area contributed by atoms with Gasteiger partial charge in [0.05, 0.1) is 5.69 Å². The molecule has 1 nitrogen and oxygen atoms in total. The second-order valence-electron chi connectivity index (χ2n) is 15.2. The van der Waals surface area contributed by atoms with Crippen LogP contribution < -0.4 is 32.8 Å². The van der Waals surface area contributed by atoms with Crippen molar-refractivity contribution in [3.63, 3.8) is 0 Å². The molecule has 0 unspecified atom stereocenters. The number of rotatable bonds is 7. The molecule has 0 amide bonds. The van der Waals surface area contributed by atoms with Crippen LogP contribution in [0.4, 0.5) is 0 Å². The van der Waals surface area contributed by atoms with Crippen LogP contribution in [-0.2, 0) is 0 Å². The Morgan fingerprint density at radius 1 is 0.340 bits per heavy atom. The van der Waals surface area contributed by atoms with Crippen molar-refractivity contribution in [1.29, 1.82) is 0 Å². The summed E-state index contributed by atoms with van der Waals surface area (Å²) in [6.45, 7) is 27.2. The fourth-order valence-corrected chi connectivity index (χ4v) is 9.17. The lowest BCUT2D eigenvalue weighted by Crippen LogP contribution is -2.56. The third-order valence-corrected chi connectivity index (χ3v) is 10.8. The molecule has 0 saturated carbocycles. The Morgan fingerprint density at radius 2 is 0.640 bits per heavy atom. The summed E-state index contributed by atoms with van der Waals surface area (Å²) in [7, 11) is 0. The molecule has 5 aromatic carbocycles. The molecule has 6 rings (SSSR count). The lowest BCUT2D eigenvalue weighted by Gasteiger charge is -2.25. The molecule has 0 aliphatic rings. The topological polar surface area (TPSA) is 12.9 Å². The average Bonchev–Trinajstić information content (AvgIpc) is 3.01. The second-order valence-corrected chi connectivity index (χ2v) is 15.2. The van der Waals surface area contributed by atoms with E-state index in [1.807, 2.05) is 6.20 Å². The van der Waals surface area contributed by atoms with Gasteiger partial charge in [0.1, 0.15) is 0 Å². The Balaban J connectivity index is 1.49. The maximum absolute atomic E-state index is 4.96. The number of hydrogen-bond donors (Lipinski definition) is 0. The van der Waals surface area contributed by atoms with Gasteiger partial charge in [-0.05, 0) is 95.2 Å². The highest BCUT2D eigenvalue weighted by Crippen LogP contribution is 2.19. The molecule has 0 N–H and O–H groups in total. The lowest BCUT2D eigenvalue weighted by molar-refractivity contribution is 1.33. The van der Waals surface area contributed by atoms with E-state index in [1.54, 1.807) is 0 Å². The van der Waals surface area contributed by atoms with Crippen LogP contribution in [0.1, 0.15) is 66.8 Å². The number of hydrogen-bond acceptors (Lipinski definition) is 1. The van der Waals surface area contributed by atoms with Gasteiger partial charge in [-0.15, -0.1) is 0 Å². The molecule has 0 saturated heterocycles. The summed E-state index contributed by atoms with van der Waals surface area (Å²) < 4.78 is 0. The van der Waals surface area contributed by atoms with Crippen LogP contribution in [-0.4, -0.2) is 18.4 Å². The standard InChI is InChI=1S/C47H51B2N/c1-28-19-32(5)44(33(6)20-28)48(45-34(7)21-29(2)22-35(45)8)41-15-13-40(14-16-41)43-27-42(17-18-50-43)49(46-36(9)23-30(3)24-37(46)10)47-38(11)25-31(4)26-39(47)12/h13-27H,1-12H3. The molecule has 1 heterocycles. The van der Waals surface area contributed by atoms with E-state index in [-0.39, 0.29) is 13.4 Å². The minimum absolute atomic E-state index is 0.113. The molecule has 0 atom stereocenters. The van der Waals surface area contributed by atoms with E-state index >= 15 is 0 Å². The molecule has 6 aromatic rings. The summed E-state index contributed by atoms with van der Waals surface area (Å²) in [6, 6.07) is 32.5. The van der Waals surface area contributed by atoms with Crippen molar-refractivity contribution in [1.82, 2.24) is 4.98 Å². The normalized spacial score (nSPS) is 11.2. The Kier molecular flexibility index (Phi) is 9.82. The van der Waals surface area contributed by atoms with E-state index in [1.165, 1.54) is 99.5 Å². The van der Waals surface area contributed by atoms with Crippen LogP contribution in [0.5, 0.6) is 0 Å². The monoisotopic (exact) mass is 651 g/mol. The molecule has 0 spiro atoms. The van der Waals surface area contributed by atoms with Crippen molar-refractivity contribution >= 4 is 46.2 Å². The molecule has 0 bridgehead atoms. The fraction of sp³-hybridized carbons (Fsp3) is 0.255. The number of aromatic nitrogens is 1. The molecule has 0 aliphatic carbocycles. The molecule has 0 radical (unpaired) electrons. The van der Waals surface area contributed by atoms with Crippen LogP contribution in [0.15, 0.2) is 91.1 Å². The van der Waals surface area contributed by atoms with Gasteiger partial charge in [0, 0.05) is 11.8 Å². The number of benzene rings is 5. The molecule has 3 heteroatoms. The van der Waals surface area contributed by atoms with Crippen LogP contribution in [0.25, 0.3) is 11.3 Å². The average molecular weight is 652 g/mol. The van der Waals surface area contributed by atoms with Crippen molar-refractivity contribution in [3.05, 3.63) is 158 Å². The van der Waals surface area contributed by atoms with Crippen LogP contribution in [0, 0.1) is 83.1 Å². The Morgan fingerprint density at radius 3 is 0.960 bits per heavy atom. The van der Waals surface area contributed by atoms with E-state index in [0.717, 1.165) is 11.3 Å². The van der Waals surface area contributed by atoms with Gasteiger partial charge in [-0.1, -0.05) is 172 Å². The summed E-state index contributed by atoms with van der Waals surface area (Å²) in [5.74, 6) is 0. The Bertz CT molecular complexity index is 2030. The zero-order valence-electron chi connectivity index (χ0n) is 32.3. The molecular formula is C47H51B2N. The van der Waals surface area contributed by atoms with E-state index in [4.69, 9.17) is 4.98 Å².